The Balaban J connectivity index is 1.77. The molecule has 0 aliphatic heterocycles. The average Bonchev–Trinajstić information content (AvgIpc) is 2.76. The second kappa shape index (κ2) is 9.39. The van der Waals surface area contributed by atoms with Crippen molar-refractivity contribution in [1.82, 2.24) is 9.88 Å². The second-order valence-electron chi connectivity index (χ2n) is 6.47. The molecule has 7 nitrogen and oxygen atoms in total. The molecule has 0 atom stereocenters. The van der Waals surface area contributed by atoms with Crippen LogP contribution in [0.15, 0.2) is 60.8 Å². The number of rotatable bonds is 6. The summed E-state index contributed by atoms with van der Waals surface area (Å²) in [4.78, 5) is 5.39. The Hall–Kier alpha value is -4.12. The van der Waals surface area contributed by atoms with Gasteiger partial charge < -0.3 is 19.7 Å². The Morgan fingerprint density at radius 3 is 2.43 bits per heavy atom. The number of para-hydroxylation sites is 1. The number of ether oxygens (including phenoxy) is 2. The molecule has 1 aromatic heterocycles. The lowest BCUT2D eigenvalue weighted by Gasteiger charge is -2.16. The van der Waals surface area contributed by atoms with Crippen LogP contribution in [0.4, 0.5) is 15.8 Å². The van der Waals surface area contributed by atoms with E-state index in [1.54, 1.807) is 38.4 Å². The van der Waals surface area contributed by atoms with Crippen LogP contribution in [-0.4, -0.2) is 30.0 Å². The quantitative estimate of drug-likeness (QED) is 0.458. The Kier molecular flexibility index (Phi) is 6.45. The summed E-state index contributed by atoms with van der Waals surface area (Å²) in [7, 11) is 3.28. The number of halogens is 1. The third-order valence-electron chi connectivity index (χ3n) is 4.07. The van der Waals surface area contributed by atoms with Crippen LogP contribution in [0.3, 0.4) is 0 Å². The first-order chi connectivity index (χ1) is 14.5. The molecular weight excluding hydrogens is 385 g/mol. The fourth-order valence-corrected chi connectivity index (χ4v) is 2.47. The van der Waals surface area contributed by atoms with Gasteiger partial charge in [-0.15, -0.1) is 0 Å². The number of pyridine rings is 1. The van der Waals surface area contributed by atoms with E-state index < -0.39 is 5.82 Å². The molecule has 30 heavy (non-hydrogen) atoms. The van der Waals surface area contributed by atoms with Crippen LogP contribution in [0.1, 0.15) is 11.3 Å². The summed E-state index contributed by atoms with van der Waals surface area (Å²) in [5.74, 6) is 0.627. The maximum atomic E-state index is 15.0. The zero-order chi connectivity index (χ0) is 21.5. The highest BCUT2D eigenvalue weighted by Gasteiger charge is 2.16. The molecule has 0 saturated carbocycles. The van der Waals surface area contributed by atoms with E-state index in [2.05, 4.69) is 10.3 Å². The van der Waals surface area contributed by atoms with Crippen LogP contribution < -0.4 is 10.1 Å². The Morgan fingerprint density at radius 2 is 1.80 bits per heavy atom. The van der Waals surface area contributed by atoms with Gasteiger partial charge in [0.2, 0.25) is 0 Å². The van der Waals surface area contributed by atoms with Gasteiger partial charge in [0.05, 0.1) is 11.3 Å². The lowest BCUT2D eigenvalue weighted by atomic mass is 10.2. The van der Waals surface area contributed by atoms with Crippen molar-refractivity contribution in [2.45, 2.75) is 6.61 Å². The maximum absolute atomic E-state index is 15.0. The minimum absolute atomic E-state index is 0.000730. The van der Waals surface area contributed by atoms with Gasteiger partial charge in [0.15, 0.2) is 5.82 Å². The summed E-state index contributed by atoms with van der Waals surface area (Å²) >= 11 is 0. The van der Waals surface area contributed by atoms with E-state index in [1.807, 2.05) is 36.4 Å². The van der Waals surface area contributed by atoms with Gasteiger partial charge in [-0.2, -0.15) is 5.26 Å². The van der Waals surface area contributed by atoms with Crippen molar-refractivity contribution in [3.8, 4) is 17.6 Å². The molecule has 0 aliphatic carbocycles. The van der Waals surface area contributed by atoms with Crippen molar-refractivity contribution >= 4 is 17.4 Å². The molecule has 2 N–H and O–H groups in total. The van der Waals surface area contributed by atoms with E-state index in [9.17, 15) is 9.65 Å². The molecular formula is C22H20FN5O2. The highest BCUT2D eigenvalue weighted by molar-refractivity contribution is 5.70. The number of anilines is 2. The van der Waals surface area contributed by atoms with E-state index in [1.165, 1.54) is 11.1 Å². The van der Waals surface area contributed by atoms with Crippen LogP contribution >= 0.6 is 0 Å². The molecule has 0 fully saturated rings. The molecule has 1 heterocycles. The Bertz CT molecular complexity index is 1060. The predicted octanol–water partition coefficient (Wildman–Crippen LogP) is 4.64. The van der Waals surface area contributed by atoms with Gasteiger partial charge in [0.1, 0.15) is 29.9 Å². The van der Waals surface area contributed by atoms with Crippen LogP contribution in [-0.2, 0) is 11.3 Å². The molecule has 0 aliphatic rings. The van der Waals surface area contributed by atoms with Crippen molar-refractivity contribution in [3.05, 3.63) is 77.9 Å². The number of nitriles is 1. The van der Waals surface area contributed by atoms with E-state index >= 15 is 0 Å². The monoisotopic (exact) mass is 405 g/mol. The van der Waals surface area contributed by atoms with Crippen molar-refractivity contribution in [2.75, 3.05) is 19.4 Å². The Morgan fingerprint density at radius 1 is 1.13 bits per heavy atom. The minimum atomic E-state index is -0.704. The second-order valence-corrected chi connectivity index (χ2v) is 6.47. The van der Waals surface area contributed by atoms with E-state index in [4.69, 9.17) is 14.9 Å². The van der Waals surface area contributed by atoms with Gasteiger partial charge in [-0.1, -0.05) is 18.2 Å². The van der Waals surface area contributed by atoms with Gasteiger partial charge in [-0.05, 0) is 36.4 Å². The van der Waals surface area contributed by atoms with Gasteiger partial charge in [-0.25, -0.2) is 4.39 Å². The molecule has 0 amide bonds. The summed E-state index contributed by atoms with van der Waals surface area (Å²) in [6.07, 6.45) is 1.27. The largest absolute Gasteiger partial charge is 0.459 e. The average molecular weight is 405 g/mol. The minimum Gasteiger partial charge on any atom is -0.459 e. The summed E-state index contributed by atoms with van der Waals surface area (Å²) in [6, 6.07) is 18.1. The normalized spacial score (nSPS) is 10.1. The number of hydrogen-bond donors (Lipinski definition) is 2. The topological polar surface area (TPSA) is 94.3 Å². The lowest BCUT2D eigenvalue weighted by Crippen LogP contribution is -2.23. The first-order valence-electron chi connectivity index (χ1n) is 9.04. The molecule has 152 valence electrons. The van der Waals surface area contributed by atoms with Crippen LogP contribution in [0.2, 0.25) is 0 Å². The molecule has 0 spiro atoms. The highest BCUT2D eigenvalue weighted by atomic mass is 19.1. The molecule has 0 radical (unpaired) electrons. The zero-order valence-corrected chi connectivity index (χ0v) is 16.5. The number of aromatic nitrogens is 1. The third kappa shape index (κ3) is 5.02. The number of nitrogens with one attached hydrogen (secondary N) is 2. The molecule has 3 rings (SSSR count). The van der Waals surface area contributed by atoms with Crippen molar-refractivity contribution in [3.63, 3.8) is 0 Å². The smallest absolute Gasteiger partial charge is 0.284 e. The summed E-state index contributed by atoms with van der Waals surface area (Å²) in [5.41, 5.74) is 0.625. The fraction of sp³-hybridized carbons (Fsp3) is 0.136. The predicted molar refractivity (Wildman–Crippen MR) is 111 cm³/mol. The SMILES string of the molecule is CN(C)C(=N)OCc1ncc(C#N)c(Nc2ccc(Oc3ccccc3)cc2)c1F. The lowest BCUT2D eigenvalue weighted by molar-refractivity contribution is 0.234. The summed E-state index contributed by atoms with van der Waals surface area (Å²) in [5, 5.41) is 19.9. The number of amidine groups is 1. The van der Waals surface area contributed by atoms with Gasteiger partial charge in [0.25, 0.3) is 6.02 Å². The first-order valence-corrected chi connectivity index (χ1v) is 9.04. The van der Waals surface area contributed by atoms with Crippen molar-refractivity contribution in [2.24, 2.45) is 0 Å². The molecule has 0 saturated heterocycles. The molecule has 8 heteroatoms. The Labute approximate surface area is 173 Å². The highest BCUT2D eigenvalue weighted by Crippen LogP contribution is 2.28. The van der Waals surface area contributed by atoms with Crippen molar-refractivity contribution in [1.29, 1.82) is 10.7 Å². The first kappa shape index (κ1) is 20.6. The zero-order valence-electron chi connectivity index (χ0n) is 16.5. The summed E-state index contributed by atoms with van der Waals surface area (Å²) in [6.45, 7) is -0.229. The standard InChI is InChI=1S/C22H20FN5O2/c1-28(2)22(25)29-14-19-20(23)21(15(12-24)13-26-19)27-16-8-10-18(11-9-16)30-17-6-4-3-5-7-17/h3-11,13,25H,14H2,1-2H3,(H,26,27). The number of hydrogen-bond acceptors (Lipinski definition) is 6. The number of nitrogens with zero attached hydrogens (tertiary/aromatic N) is 3. The van der Waals surface area contributed by atoms with Gasteiger partial charge in [0, 0.05) is 26.0 Å². The third-order valence-corrected chi connectivity index (χ3v) is 4.07. The van der Waals surface area contributed by atoms with E-state index in [-0.39, 0.29) is 29.6 Å². The van der Waals surface area contributed by atoms with Crippen molar-refractivity contribution < 1.29 is 13.9 Å². The molecule has 2 aromatic carbocycles. The maximum Gasteiger partial charge on any atom is 0.284 e. The number of benzene rings is 2. The van der Waals surface area contributed by atoms with Crippen LogP contribution in [0, 0.1) is 22.6 Å². The van der Waals surface area contributed by atoms with Crippen LogP contribution in [0.25, 0.3) is 0 Å². The van der Waals surface area contributed by atoms with Gasteiger partial charge >= 0.3 is 0 Å². The summed E-state index contributed by atoms with van der Waals surface area (Å²) < 4.78 is 25.9. The van der Waals surface area contributed by atoms with Gasteiger partial charge in [-0.3, -0.25) is 10.4 Å². The van der Waals surface area contributed by atoms with E-state index in [0.717, 1.165) is 0 Å². The molecule has 0 unspecified atom stereocenters. The molecule has 3 aromatic rings. The molecule has 0 bridgehead atoms. The van der Waals surface area contributed by atoms with E-state index in [0.29, 0.717) is 17.2 Å². The fourth-order valence-electron chi connectivity index (χ4n) is 2.47. The van der Waals surface area contributed by atoms with Crippen LogP contribution in [0.5, 0.6) is 11.5 Å².